The first-order valence-corrected chi connectivity index (χ1v) is 11.9. The van der Waals surface area contributed by atoms with Gasteiger partial charge in [0.15, 0.2) is 0 Å². The number of ether oxygens (including phenoxy) is 2. The summed E-state index contributed by atoms with van der Waals surface area (Å²) >= 11 is 0. The highest BCUT2D eigenvalue weighted by Gasteiger charge is 2.32. The lowest BCUT2D eigenvalue weighted by Crippen LogP contribution is -2.42. The molecule has 4 rings (SSSR count). The van der Waals surface area contributed by atoms with Gasteiger partial charge in [-0.3, -0.25) is 14.6 Å². The number of hydrogen-bond acceptors (Lipinski definition) is 5. The predicted octanol–water partition coefficient (Wildman–Crippen LogP) is 2.70. The van der Waals surface area contributed by atoms with Gasteiger partial charge in [-0.25, -0.2) is 0 Å². The van der Waals surface area contributed by atoms with E-state index in [2.05, 4.69) is 4.98 Å². The van der Waals surface area contributed by atoms with Crippen LogP contribution in [-0.4, -0.2) is 72.1 Å². The van der Waals surface area contributed by atoms with E-state index < -0.39 is 0 Å². The molecule has 0 N–H and O–H groups in total. The van der Waals surface area contributed by atoms with Crippen molar-refractivity contribution in [2.75, 3.05) is 39.4 Å². The average molecular weight is 452 g/mol. The normalized spacial score (nSPS) is 20.0. The molecule has 0 radical (unpaired) electrons. The van der Waals surface area contributed by atoms with Crippen molar-refractivity contribution in [1.29, 1.82) is 0 Å². The van der Waals surface area contributed by atoms with E-state index in [4.69, 9.17) is 9.47 Å². The number of amides is 2. The second-order valence-electron chi connectivity index (χ2n) is 8.87. The molecule has 1 aromatic carbocycles. The molecule has 2 aliphatic heterocycles. The Labute approximate surface area is 195 Å². The lowest BCUT2D eigenvalue weighted by Gasteiger charge is -2.30. The van der Waals surface area contributed by atoms with Crippen molar-refractivity contribution in [1.82, 2.24) is 14.8 Å². The minimum Gasteiger partial charge on any atom is -0.381 e. The molecular weight excluding hydrogens is 418 g/mol. The number of nitrogens with zero attached hydrogens (tertiary/aromatic N) is 3. The van der Waals surface area contributed by atoms with Gasteiger partial charge in [-0.15, -0.1) is 0 Å². The number of aryl methyl sites for hydroxylation is 1. The van der Waals surface area contributed by atoms with Gasteiger partial charge in [-0.05, 0) is 42.9 Å². The largest absolute Gasteiger partial charge is 0.381 e. The first-order valence-electron chi connectivity index (χ1n) is 11.9. The highest BCUT2D eigenvalue weighted by atomic mass is 16.5. The molecule has 0 bridgehead atoms. The van der Waals surface area contributed by atoms with E-state index in [0.29, 0.717) is 45.0 Å². The monoisotopic (exact) mass is 451 g/mol. The number of carbonyl (C=O) groups excluding carboxylic acids is 2. The summed E-state index contributed by atoms with van der Waals surface area (Å²) in [6.07, 6.45) is 4.33. The molecule has 3 heterocycles. The molecule has 2 saturated heterocycles. The zero-order valence-electron chi connectivity index (χ0n) is 19.1. The molecule has 2 fully saturated rings. The van der Waals surface area contributed by atoms with E-state index in [0.717, 1.165) is 37.3 Å². The zero-order valence-corrected chi connectivity index (χ0v) is 19.1. The Morgan fingerprint density at radius 2 is 1.85 bits per heavy atom. The van der Waals surface area contributed by atoms with Crippen LogP contribution in [-0.2, 0) is 32.1 Å². The molecular formula is C26H33N3O4. The molecule has 7 nitrogen and oxygen atoms in total. The maximum atomic E-state index is 13.1. The smallest absolute Gasteiger partial charge is 0.242 e. The van der Waals surface area contributed by atoms with Crippen LogP contribution in [0.2, 0.25) is 0 Å². The Morgan fingerprint density at radius 1 is 1.06 bits per heavy atom. The van der Waals surface area contributed by atoms with Crippen LogP contribution in [0, 0.1) is 5.92 Å². The summed E-state index contributed by atoms with van der Waals surface area (Å²) in [5.41, 5.74) is 1.96. The molecule has 0 spiro atoms. The molecule has 0 aliphatic carbocycles. The van der Waals surface area contributed by atoms with Gasteiger partial charge in [0.05, 0.1) is 19.3 Å². The topological polar surface area (TPSA) is 72.0 Å². The molecule has 176 valence electrons. The minimum absolute atomic E-state index is 0.00140. The Morgan fingerprint density at radius 3 is 2.61 bits per heavy atom. The highest BCUT2D eigenvalue weighted by molar-refractivity contribution is 5.85. The van der Waals surface area contributed by atoms with Gasteiger partial charge in [-0.1, -0.05) is 36.4 Å². The quantitative estimate of drug-likeness (QED) is 0.617. The summed E-state index contributed by atoms with van der Waals surface area (Å²) in [4.78, 5) is 34.0. The standard InChI is InChI=1S/C26H33N3O4/c30-25(10-9-23-8-4-5-13-27-23)29-18-24(33-20-22-6-2-1-3-7-22)17-28(26(31)19-29)16-21-11-14-32-15-12-21/h1-8,13,21,24H,9-12,14-20H2. The van der Waals surface area contributed by atoms with E-state index in [1.165, 1.54) is 0 Å². The van der Waals surface area contributed by atoms with Crippen LogP contribution in [0.15, 0.2) is 54.7 Å². The second-order valence-corrected chi connectivity index (χ2v) is 8.87. The first-order chi connectivity index (χ1) is 16.2. The molecule has 7 heteroatoms. The summed E-state index contributed by atoms with van der Waals surface area (Å²) in [5.74, 6) is 0.401. The summed E-state index contributed by atoms with van der Waals surface area (Å²) in [7, 11) is 0. The van der Waals surface area contributed by atoms with E-state index in [1.54, 1.807) is 11.1 Å². The Kier molecular flexibility index (Phi) is 8.44. The number of benzene rings is 1. The third-order valence-electron chi connectivity index (χ3n) is 6.35. The predicted molar refractivity (Wildman–Crippen MR) is 124 cm³/mol. The number of rotatable bonds is 8. The minimum atomic E-state index is -0.227. The fourth-order valence-electron chi connectivity index (χ4n) is 4.42. The first kappa shape index (κ1) is 23.4. The van der Waals surface area contributed by atoms with Crippen LogP contribution in [0.1, 0.15) is 30.5 Å². The van der Waals surface area contributed by atoms with E-state index in [1.807, 2.05) is 53.4 Å². The lowest BCUT2D eigenvalue weighted by atomic mass is 9.99. The molecule has 1 aromatic heterocycles. The van der Waals surface area contributed by atoms with E-state index >= 15 is 0 Å². The maximum Gasteiger partial charge on any atom is 0.242 e. The van der Waals surface area contributed by atoms with Gasteiger partial charge in [0, 0.05) is 51.2 Å². The van der Waals surface area contributed by atoms with Gasteiger partial charge in [0.25, 0.3) is 0 Å². The molecule has 0 saturated carbocycles. The van der Waals surface area contributed by atoms with Crippen molar-refractivity contribution >= 4 is 11.8 Å². The van der Waals surface area contributed by atoms with Gasteiger partial charge >= 0.3 is 0 Å². The van der Waals surface area contributed by atoms with Crippen LogP contribution in [0.4, 0.5) is 0 Å². The molecule has 1 atom stereocenters. The average Bonchev–Trinajstić information content (AvgIpc) is 3.02. The summed E-state index contributed by atoms with van der Waals surface area (Å²) < 4.78 is 11.7. The van der Waals surface area contributed by atoms with Crippen molar-refractivity contribution in [3.05, 3.63) is 66.0 Å². The van der Waals surface area contributed by atoms with Crippen molar-refractivity contribution < 1.29 is 19.1 Å². The Hall–Kier alpha value is -2.77. The Balaban J connectivity index is 1.41. The van der Waals surface area contributed by atoms with Crippen LogP contribution in [0.25, 0.3) is 0 Å². The maximum absolute atomic E-state index is 13.1. The number of carbonyl (C=O) groups is 2. The van der Waals surface area contributed by atoms with Crippen molar-refractivity contribution in [2.24, 2.45) is 5.92 Å². The summed E-state index contributed by atoms with van der Waals surface area (Å²) in [6, 6.07) is 15.7. The van der Waals surface area contributed by atoms with Crippen molar-refractivity contribution in [2.45, 2.75) is 38.4 Å². The van der Waals surface area contributed by atoms with Crippen LogP contribution < -0.4 is 0 Å². The molecule has 2 aliphatic rings. The highest BCUT2D eigenvalue weighted by Crippen LogP contribution is 2.19. The fourth-order valence-corrected chi connectivity index (χ4v) is 4.42. The number of aromatic nitrogens is 1. The van der Waals surface area contributed by atoms with Gasteiger partial charge in [0.2, 0.25) is 11.8 Å². The third-order valence-corrected chi connectivity index (χ3v) is 6.35. The molecule has 2 aromatic rings. The van der Waals surface area contributed by atoms with Gasteiger partial charge < -0.3 is 19.3 Å². The summed E-state index contributed by atoms with van der Waals surface area (Å²) in [6.45, 7) is 3.69. The van der Waals surface area contributed by atoms with Crippen molar-refractivity contribution in [3.63, 3.8) is 0 Å². The fraction of sp³-hybridized carbons (Fsp3) is 0.500. The number of hydrogen-bond donors (Lipinski definition) is 0. The molecule has 33 heavy (non-hydrogen) atoms. The van der Waals surface area contributed by atoms with Crippen LogP contribution >= 0.6 is 0 Å². The number of pyridine rings is 1. The summed E-state index contributed by atoms with van der Waals surface area (Å²) in [5, 5.41) is 0. The third kappa shape index (κ3) is 7.11. The van der Waals surface area contributed by atoms with E-state index in [9.17, 15) is 9.59 Å². The Bertz CT molecular complexity index is 887. The van der Waals surface area contributed by atoms with Gasteiger partial charge in [-0.2, -0.15) is 0 Å². The van der Waals surface area contributed by atoms with E-state index in [-0.39, 0.29) is 24.5 Å². The lowest BCUT2D eigenvalue weighted by molar-refractivity contribution is -0.139. The molecule has 1 unspecified atom stereocenters. The van der Waals surface area contributed by atoms with Crippen molar-refractivity contribution in [3.8, 4) is 0 Å². The SMILES string of the molecule is O=C(CCc1ccccn1)N1CC(=O)N(CC2CCOCC2)CC(OCc2ccccc2)C1. The van der Waals surface area contributed by atoms with Gasteiger partial charge in [0.1, 0.15) is 0 Å². The van der Waals surface area contributed by atoms with Crippen LogP contribution in [0.3, 0.4) is 0 Å². The molecule has 2 amide bonds. The zero-order chi connectivity index (χ0) is 22.9. The van der Waals surface area contributed by atoms with Crippen LogP contribution in [0.5, 0.6) is 0 Å². The second kappa shape index (κ2) is 11.9.